The van der Waals surface area contributed by atoms with Crippen molar-refractivity contribution >= 4 is 40.1 Å². The maximum Gasteiger partial charge on any atom is 0.254 e. The van der Waals surface area contributed by atoms with Crippen LogP contribution in [0.4, 0.5) is 0 Å². The number of hydrogen-bond acceptors (Lipinski definition) is 1. The molecular formula is C9H9ClINO. The number of carbonyl (C=O) groups excluding carboxylic acids is 1. The summed E-state index contributed by atoms with van der Waals surface area (Å²) in [5, 5.41) is 0.505. The Morgan fingerprint density at radius 3 is 2.54 bits per heavy atom. The van der Waals surface area contributed by atoms with Crippen LogP contribution in [0, 0.1) is 3.57 Å². The van der Waals surface area contributed by atoms with Gasteiger partial charge in [-0.25, -0.2) is 0 Å². The fourth-order valence-electron chi connectivity index (χ4n) is 0.904. The number of carbonyl (C=O) groups is 1. The van der Waals surface area contributed by atoms with E-state index in [2.05, 4.69) is 22.6 Å². The summed E-state index contributed by atoms with van der Waals surface area (Å²) < 4.78 is 1.03. The van der Waals surface area contributed by atoms with Crippen LogP contribution >= 0.6 is 34.2 Å². The number of nitrogens with zero attached hydrogens (tertiary/aromatic N) is 1. The zero-order valence-electron chi connectivity index (χ0n) is 7.34. The zero-order chi connectivity index (χ0) is 10.0. The molecule has 0 atom stereocenters. The van der Waals surface area contributed by atoms with Crippen LogP contribution in [0.1, 0.15) is 10.4 Å². The maximum absolute atomic E-state index is 11.5. The number of amides is 1. The van der Waals surface area contributed by atoms with Crippen molar-refractivity contribution < 1.29 is 4.79 Å². The first-order valence-electron chi connectivity index (χ1n) is 3.69. The molecule has 4 heteroatoms. The first-order valence-corrected chi connectivity index (χ1v) is 5.14. The molecule has 1 aromatic carbocycles. The average molecular weight is 310 g/mol. The van der Waals surface area contributed by atoms with E-state index >= 15 is 0 Å². The van der Waals surface area contributed by atoms with Crippen LogP contribution in [0.25, 0.3) is 0 Å². The Labute approximate surface area is 96.0 Å². The highest BCUT2D eigenvalue weighted by Crippen LogP contribution is 2.19. The van der Waals surface area contributed by atoms with Gasteiger partial charge in [0.25, 0.3) is 5.91 Å². The average Bonchev–Trinajstić information content (AvgIpc) is 2.03. The van der Waals surface area contributed by atoms with E-state index in [1.165, 1.54) is 4.90 Å². The highest BCUT2D eigenvalue weighted by atomic mass is 127. The molecule has 0 aliphatic rings. The van der Waals surface area contributed by atoms with Crippen molar-refractivity contribution in [3.8, 4) is 0 Å². The van der Waals surface area contributed by atoms with Gasteiger partial charge < -0.3 is 4.90 Å². The lowest BCUT2D eigenvalue weighted by molar-refractivity contribution is 0.0828. The molecule has 0 unspecified atom stereocenters. The third-order valence-corrected chi connectivity index (χ3v) is 2.55. The molecule has 0 spiro atoms. The predicted molar refractivity (Wildman–Crippen MR) is 62.2 cm³/mol. The van der Waals surface area contributed by atoms with Crippen molar-refractivity contribution in [1.29, 1.82) is 0 Å². The Morgan fingerprint density at radius 1 is 1.46 bits per heavy atom. The van der Waals surface area contributed by atoms with E-state index in [0.717, 1.165) is 3.57 Å². The van der Waals surface area contributed by atoms with E-state index in [1.54, 1.807) is 26.2 Å². The van der Waals surface area contributed by atoms with Crippen LogP contribution in [0.5, 0.6) is 0 Å². The van der Waals surface area contributed by atoms with E-state index in [0.29, 0.717) is 10.6 Å². The summed E-state index contributed by atoms with van der Waals surface area (Å²) in [5.41, 5.74) is 0.548. The third-order valence-electron chi connectivity index (χ3n) is 1.57. The van der Waals surface area contributed by atoms with Crippen LogP contribution < -0.4 is 0 Å². The summed E-state index contributed by atoms with van der Waals surface area (Å²) >= 11 is 8.07. The van der Waals surface area contributed by atoms with Crippen LogP contribution in [-0.2, 0) is 0 Å². The quantitative estimate of drug-likeness (QED) is 0.730. The molecule has 0 aromatic heterocycles. The normalized spacial score (nSPS) is 9.85. The minimum Gasteiger partial charge on any atom is -0.345 e. The second kappa shape index (κ2) is 4.28. The van der Waals surface area contributed by atoms with Crippen molar-refractivity contribution in [2.24, 2.45) is 0 Å². The fraction of sp³-hybridized carbons (Fsp3) is 0.222. The topological polar surface area (TPSA) is 20.3 Å². The Bertz CT molecular complexity index is 338. The molecule has 2 nitrogen and oxygen atoms in total. The largest absolute Gasteiger partial charge is 0.345 e. The summed E-state index contributed by atoms with van der Waals surface area (Å²) in [6.07, 6.45) is 0. The van der Waals surface area contributed by atoms with Gasteiger partial charge in [-0.1, -0.05) is 11.6 Å². The van der Waals surface area contributed by atoms with Gasteiger partial charge in [-0.05, 0) is 40.8 Å². The van der Waals surface area contributed by atoms with E-state index in [9.17, 15) is 4.79 Å². The molecule has 0 fully saturated rings. The second-order valence-corrected chi connectivity index (χ2v) is 4.48. The molecule has 0 saturated heterocycles. The van der Waals surface area contributed by atoms with Crippen molar-refractivity contribution in [2.75, 3.05) is 14.1 Å². The van der Waals surface area contributed by atoms with Crippen molar-refractivity contribution in [1.82, 2.24) is 4.90 Å². The van der Waals surface area contributed by atoms with Gasteiger partial charge in [-0.3, -0.25) is 4.79 Å². The Kier molecular flexibility index (Phi) is 3.55. The monoisotopic (exact) mass is 309 g/mol. The Balaban J connectivity index is 3.09. The lowest BCUT2D eigenvalue weighted by Gasteiger charge is -2.11. The minimum absolute atomic E-state index is 0.0681. The number of benzene rings is 1. The second-order valence-electron chi connectivity index (χ2n) is 2.82. The van der Waals surface area contributed by atoms with Gasteiger partial charge in [-0.15, -0.1) is 0 Å². The lowest BCUT2D eigenvalue weighted by atomic mass is 10.2. The molecule has 1 amide bonds. The molecule has 0 N–H and O–H groups in total. The number of halogens is 2. The van der Waals surface area contributed by atoms with Gasteiger partial charge in [-0.2, -0.15) is 0 Å². The molecular weight excluding hydrogens is 300 g/mol. The Morgan fingerprint density at radius 2 is 2.08 bits per heavy atom. The minimum atomic E-state index is -0.0681. The highest BCUT2D eigenvalue weighted by molar-refractivity contribution is 14.1. The fourth-order valence-corrected chi connectivity index (χ4v) is 1.84. The summed E-state index contributed by atoms with van der Waals surface area (Å²) in [7, 11) is 3.41. The summed E-state index contributed by atoms with van der Waals surface area (Å²) in [6, 6.07) is 5.38. The molecule has 0 heterocycles. The van der Waals surface area contributed by atoms with E-state index < -0.39 is 0 Å². The van der Waals surface area contributed by atoms with Gasteiger partial charge in [0.2, 0.25) is 0 Å². The smallest absolute Gasteiger partial charge is 0.254 e. The van der Waals surface area contributed by atoms with E-state index in [4.69, 9.17) is 11.6 Å². The molecule has 1 rings (SSSR count). The van der Waals surface area contributed by atoms with Gasteiger partial charge in [0.1, 0.15) is 0 Å². The molecule has 0 aliphatic heterocycles. The number of rotatable bonds is 1. The first kappa shape index (κ1) is 10.8. The van der Waals surface area contributed by atoms with Crippen molar-refractivity contribution in [2.45, 2.75) is 0 Å². The van der Waals surface area contributed by atoms with Gasteiger partial charge in [0.05, 0.1) is 10.6 Å². The lowest BCUT2D eigenvalue weighted by Crippen LogP contribution is -2.21. The van der Waals surface area contributed by atoms with Crippen LogP contribution in [0.3, 0.4) is 0 Å². The molecule has 13 heavy (non-hydrogen) atoms. The van der Waals surface area contributed by atoms with Crippen molar-refractivity contribution in [3.05, 3.63) is 32.4 Å². The Hall–Kier alpha value is -0.290. The van der Waals surface area contributed by atoms with Gasteiger partial charge >= 0.3 is 0 Å². The summed E-state index contributed by atoms with van der Waals surface area (Å²) in [5.74, 6) is -0.0681. The predicted octanol–water partition coefficient (Wildman–Crippen LogP) is 2.65. The maximum atomic E-state index is 11.5. The SMILES string of the molecule is CN(C)C(=O)c1ccc(I)cc1Cl. The van der Waals surface area contributed by atoms with Crippen molar-refractivity contribution in [3.63, 3.8) is 0 Å². The zero-order valence-corrected chi connectivity index (χ0v) is 10.3. The molecule has 0 aliphatic carbocycles. The number of hydrogen-bond donors (Lipinski definition) is 0. The van der Waals surface area contributed by atoms with Crippen LogP contribution in [0.15, 0.2) is 18.2 Å². The standard InChI is InChI=1S/C9H9ClINO/c1-12(2)9(13)7-4-3-6(11)5-8(7)10/h3-5H,1-2H3. The highest BCUT2D eigenvalue weighted by Gasteiger charge is 2.11. The van der Waals surface area contributed by atoms with Gasteiger partial charge in [0.15, 0.2) is 0 Å². The van der Waals surface area contributed by atoms with E-state index in [-0.39, 0.29) is 5.91 Å². The summed E-state index contributed by atoms with van der Waals surface area (Å²) in [4.78, 5) is 13.0. The summed E-state index contributed by atoms with van der Waals surface area (Å²) in [6.45, 7) is 0. The van der Waals surface area contributed by atoms with Crippen LogP contribution in [-0.4, -0.2) is 24.9 Å². The molecule has 70 valence electrons. The van der Waals surface area contributed by atoms with Gasteiger partial charge in [0, 0.05) is 17.7 Å². The molecule has 0 bridgehead atoms. The molecule has 0 saturated carbocycles. The van der Waals surface area contributed by atoms with Crippen LogP contribution in [0.2, 0.25) is 5.02 Å². The van der Waals surface area contributed by atoms with E-state index in [1.807, 2.05) is 6.07 Å². The first-order chi connectivity index (χ1) is 6.02. The molecule has 0 radical (unpaired) electrons. The third kappa shape index (κ3) is 2.57. The molecule has 1 aromatic rings.